The predicted molar refractivity (Wildman–Crippen MR) is 111 cm³/mol. The lowest BCUT2D eigenvalue weighted by atomic mass is 9.82. The molecule has 0 amide bonds. The van der Waals surface area contributed by atoms with Crippen LogP contribution in [-0.2, 0) is 0 Å². The van der Waals surface area contributed by atoms with Gasteiger partial charge in [-0.25, -0.2) is 14.6 Å². The molecular formula is C20H17BrClN3O4. The van der Waals surface area contributed by atoms with E-state index in [1.54, 1.807) is 13.0 Å². The zero-order chi connectivity index (χ0) is 21.3. The number of benzene rings is 1. The molecule has 1 saturated heterocycles. The summed E-state index contributed by atoms with van der Waals surface area (Å²) in [5.74, 6) is -1.95. The minimum absolute atomic E-state index is 0.00787. The molecule has 1 aromatic carbocycles. The molecule has 9 heteroatoms. The van der Waals surface area contributed by atoms with Crippen molar-refractivity contribution in [2.24, 2.45) is 0 Å². The molecule has 0 radical (unpaired) electrons. The molecule has 0 aliphatic carbocycles. The number of aromatic carboxylic acids is 2. The summed E-state index contributed by atoms with van der Waals surface area (Å²) < 4.78 is 0.405. The first-order chi connectivity index (χ1) is 13.7. The fourth-order valence-electron chi connectivity index (χ4n) is 3.72. The van der Waals surface area contributed by atoms with Crippen LogP contribution in [0.15, 0.2) is 22.7 Å². The zero-order valence-corrected chi connectivity index (χ0v) is 17.8. The van der Waals surface area contributed by atoms with Crippen LogP contribution in [0, 0.1) is 18.3 Å². The molecule has 0 bridgehead atoms. The number of nitrogens with zero attached hydrogens (tertiary/aromatic N) is 3. The van der Waals surface area contributed by atoms with Crippen molar-refractivity contribution < 1.29 is 19.8 Å². The average molecular weight is 479 g/mol. The standard InChI is InChI=1S/C20H17BrClN3O4/c1-10-6-13(19(26)27)16(17(18(10)21)20(28)29)12-2-4-25(5-3-12)15-8-11(9-23)7-14(22)24-15/h6-8,12H,2-5H2,1H3,(H,26,27)(H,28,29). The van der Waals surface area contributed by atoms with Gasteiger partial charge in [-0.2, -0.15) is 5.26 Å². The van der Waals surface area contributed by atoms with Crippen LogP contribution in [0.5, 0.6) is 0 Å². The van der Waals surface area contributed by atoms with Gasteiger partial charge in [-0.3, -0.25) is 0 Å². The van der Waals surface area contributed by atoms with Crippen LogP contribution < -0.4 is 4.90 Å². The summed E-state index contributed by atoms with van der Waals surface area (Å²) in [5, 5.41) is 28.7. The number of aryl methyl sites for hydroxylation is 1. The van der Waals surface area contributed by atoms with E-state index in [0.29, 0.717) is 52.9 Å². The molecule has 1 fully saturated rings. The minimum Gasteiger partial charge on any atom is -0.478 e. The Morgan fingerprint density at radius 2 is 1.90 bits per heavy atom. The average Bonchev–Trinajstić information content (AvgIpc) is 2.68. The fourth-order valence-corrected chi connectivity index (χ4v) is 4.43. The van der Waals surface area contributed by atoms with Crippen molar-refractivity contribution in [3.63, 3.8) is 0 Å². The van der Waals surface area contributed by atoms with E-state index in [4.69, 9.17) is 16.9 Å². The number of nitriles is 1. The van der Waals surface area contributed by atoms with Crippen LogP contribution in [0.2, 0.25) is 5.15 Å². The Bertz CT molecular complexity index is 1040. The van der Waals surface area contributed by atoms with Crippen molar-refractivity contribution >= 4 is 45.3 Å². The Labute approximate surface area is 180 Å². The number of hydrogen-bond donors (Lipinski definition) is 2. The molecule has 0 spiro atoms. The third-order valence-electron chi connectivity index (χ3n) is 5.07. The number of carbonyl (C=O) groups is 2. The molecular weight excluding hydrogens is 462 g/mol. The lowest BCUT2D eigenvalue weighted by Crippen LogP contribution is -2.34. The van der Waals surface area contributed by atoms with Gasteiger partial charge < -0.3 is 15.1 Å². The molecule has 3 rings (SSSR count). The predicted octanol–water partition coefficient (Wildman–Crippen LogP) is 4.46. The number of anilines is 1. The highest BCUT2D eigenvalue weighted by Crippen LogP contribution is 2.38. The second kappa shape index (κ2) is 8.39. The van der Waals surface area contributed by atoms with Crippen LogP contribution in [0.3, 0.4) is 0 Å². The highest BCUT2D eigenvalue weighted by molar-refractivity contribution is 9.10. The lowest BCUT2D eigenvalue weighted by Gasteiger charge is -2.34. The molecule has 2 aromatic rings. The van der Waals surface area contributed by atoms with E-state index in [2.05, 4.69) is 20.9 Å². The Hall–Kier alpha value is -2.63. The molecule has 1 aliphatic heterocycles. The number of carboxylic acid groups (broad SMARTS) is 2. The van der Waals surface area contributed by atoms with Gasteiger partial charge >= 0.3 is 11.9 Å². The highest BCUT2D eigenvalue weighted by Gasteiger charge is 2.31. The highest BCUT2D eigenvalue weighted by atomic mass is 79.9. The second-order valence-electron chi connectivity index (χ2n) is 6.86. The van der Waals surface area contributed by atoms with Gasteiger partial charge in [-0.1, -0.05) is 11.6 Å². The smallest absolute Gasteiger partial charge is 0.337 e. The van der Waals surface area contributed by atoms with Crippen LogP contribution >= 0.6 is 27.5 Å². The van der Waals surface area contributed by atoms with Gasteiger partial charge in [0.05, 0.1) is 22.8 Å². The molecule has 0 unspecified atom stereocenters. The fraction of sp³-hybridized carbons (Fsp3) is 0.300. The lowest BCUT2D eigenvalue weighted by molar-refractivity contribution is 0.0693. The summed E-state index contributed by atoms with van der Waals surface area (Å²) in [5.41, 5.74) is 1.35. The van der Waals surface area contributed by atoms with E-state index in [1.165, 1.54) is 12.1 Å². The van der Waals surface area contributed by atoms with Gasteiger partial charge in [0.15, 0.2) is 0 Å². The van der Waals surface area contributed by atoms with Gasteiger partial charge in [-0.05, 0) is 70.9 Å². The summed E-state index contributed by atoms with van der Waals surface area (Å²) >= 11 is 9.31. The Balaban J connectivity index is 1.94. The summed E-state index contributed by atoms with van der Waals surface area (Å²) in [6, 6.07) is 6.70. The SMILES string of the molecule is Cc1cc(C(=O)O)c(C2CCN(c3cc(C#N)cc(Cl)n3)CC2)c(C(=O)O)c1Br. The molecule has 1 aromatic heterocycles. The van der Waals surface area contributed by atoms with E-state index < -0.39 is 11.9 Å². The number of rotatable bonds is 4. The van der Waals surface area contributed by atoms with Crippen molar-refractivity contribution in [3.05, 3.63) is 55.6 Å². The Morgan fingerprint density at radius 1 is 1.24 bits per heavy atom. The topological polar surface area (TPSA) is 115 Å². The first-order valence-electron chi connectivity index (χ1n) is 8.85. The summed E-state index contributed by atoms with van der Waals surface area (Å²) in [7, 11) is 0. The zero-order valence-electron chi connectivity index (χ0n) is 15.4. The molecule has 7 nitrogen and oxygen atoms in total. The van der Waals surface area contributed by atoms with Crippen molar-refractivity contribution in [1.82, 2.24) is 4.98 Å². The van der Waals surface area contributed by atoms with E-state index in [0.717, 1.165) is 0 Å². The van der Waals surface area contributed by atoms with E-state index >= 15 is 0 Å². The normalized spacial score (nSPS) is 14.5. The first-order valence-corrected chi connectivity index (χ1v) is 10.0. The first kappa shape index (κ1) is 21.1. The second-order valence-corrected chi connectivity index (χ2v) is 8.04. The molecule has 150 valence electrons. The molecule has 2 N–H and O–H groups in total. The van der Waals surface area contributed by atoms with E-state index in [1.807, 2.05) is 11.0 Å². The van der Waals surface area contributed by atoms with Gasteiger partial charge in [0.1, 0.15) is 11.0 Å². The van der Waals surface area contributed by atoms with Crippen molar-refractivity contribution in [1.29, 1.82) is 5.26 Å². The monoisotopic (exact) mass is 477 g/mol. The molecule has 1 aliphatic rings. The van der Waals surface area contributed by atoms with Crippen LogP contribution in [-0.4, -0.2) is 40.2 Å². The summed E-state index contributed by atoms with van der Waals surface area (Å²) in [6.07, 6.45) is 1.10. The van der Waals surface area contributed by atoms with Crippen LogP contribution in [0.1, 0.15) is 56.2 Å². The quantitative estimate of drug-likeness (QED) is 0.624. The van der Waals surface area contributed by atoms with Gasteiger partial charge in [-0.15, -0.1) is 0 Å². The number of piperidine rings is 1. The molecule has 0 saturated carbocycles. The number of halogens is 2. The van der Waals surface area contributed by atoms with Gasteiger partial charge in [0.2, 0.25) is 0 Å². The maximum Gasteiger partial charge on any atom is 0.337 e. The Morgan fingerprint density at radius 3 is 2.45 bits per heavy atom. The van der Waals surface area contributed by atoms with Crippen LogP contribution in [0.4, 0.5) is 5.82 Å². The minimum atomic E-state index is -1.16. The molecule has 0 atom stereocenters. The summed E-state index contributed by atoms with van der Waals surface area (Å²) in [6.45, 7) is 2.74. The van der Waals surface area contributed by atoms with E-state index in [9.17, 15) is 19.8 Å². The number of aromatic nitrogens is 1. The number of hydrogen-bond acceptors (Lipinski definition) is 5. The maximum absolute atomic E-state index is 11.9. The number of carboxylic acids is 2. The van der Waals surface area contributed by atoms with Crippen molar-refractivity contribution in [3.8, 4) is 6.07 Å². The van der Waals surface area contributed by atoms with Gasteiger partial charge in [0.25, 0.3) is 0 Å². The number of pyridine rings is 1. The third kappa shape index (κ3) is 4.21. The molecule has 29 heavy (non-hydrogen) atoms. The molecule has 2 heterocycles. The van der Waals surface area contributed by atoms with E-state index in [-0.39, 0.29) is 22.2 Å². The van der Waals surface area contributed by atoms with Crippen LogP contribution in [0.25, 0.3) is 0 Å². The maximum atomic E-state index is 11.9. The van der Waals surface area contributed by atoms with Crippen molar-refractivity contribution in [2.45, 2.75) is 25.7 Å². The third-order valence-corrected chi connectivity index (χ3v) is 6.28. The Kier molecular flexibility index (Phi) is 6.10. The van der Waals surface area contributed by atoms with Gasteiger partial charge in [0, 0.05) is 17.6 Å². The van der Waals surface area contributed by atoms with Crippen molar-refractivity contribution in [2.75, 3.05) is 18.0 Å². The summed E-state index contributed by atoms with van der Waals surface area (Å²) in [4.78, 5) is 30.0. The largest absolute Gasteiger partial charge is 0.478 e.